The molecular formula is C12H7IOS. The quantitative estimate of drug-likeness (QED) is 0.587. The van der Waals surface area contributed by atoms with Crippen LogP contribution in [0, 0.1) is 3.57 Å². The molecule has 0 radical (unpaired) electrons. The van der Waals surface area contributed by atoms with Crippen molar-refractivity contribution in [2.24, 2.45) is 0 Å². The third-order valence-electron chi connectivity index (χ3n) is 2.28. The highest BCUT2D eigenvalue weighted by Crippen LogP contribution is 2.36. The van der Waals surface area contributed by atoms with Crippen LogP contribution in [-0.2, 0) is 0 Å². The molecule has 3 heteroatoms. The summed E-state index contributed by atoms with van der Waals surface area (Å²) in [7, 11) is 0. The molecule has 0 unspecified atom stereocenters. The minimum absolute atomic E-state index is 0.963. The number of rotatable bonds is 1. The van der Waals surface area contributed by atoms with Crippen molar-refractivity contribution >= 4 is 44.9 Å². The normalized spacial score (nSPS) is 11.0. The van der Waals surface area contributed by atoms with Gasteiger partial charge in [-0.3, -0.25) is 0 Å². The summed E-state index contributed by atoms with van der Waals surface area (Å²) in [6.07, 6.45) is 0. The van der Waals surface area contributed by atoms with E-state index in [0.29, 0.717) is 0 Å². The van der Waals surface area contributed by atoms with Gasteiger partial charge in [-0.2, -0.15) is 0 Å². The van der Waals surface area contributed by atoms with Gasteiger partial charge in [-0.1, -0.05) is 24.3 Å². The van der Waals surface area contributed by atoms with E-state index in [-0.39, 0.29) is 0 Å². The molecule has 0 aliphatic rings. The van der Waals surface area contributed by atoms with Crippen molar-refractivity contribution < 1.29 is 4.42 Å². The fourth-order valence-corrected chi connectivity index (χ4v) is 3.32. The van der Waals surface area contributed by atoms with Gasteiger partial charge in [0.15, 0.2) is 5.76 Å². The summed E-state index contributed by atoms with van der Waals surface area (Å²) >= 11 is 4.05. The number of benzene rings is 1. The summed E-state index contributed by atoms with van der Waals surface area (Å²) < 4.78 is 7.05. The Labute approximate surface area is 105 Å². The molecule has 0 fully saturated rings. The Bertz CT molecular complexity index is 595. The third kappa shape index (κ3) is 1.50. The SMILES string of the molecule is Ic1c(-c2cccs2)oc2ccccc12. The van der Waals surface area contributed by atoms with Crippen LogP contribution < -0.4 is 0 Å². The predicted octanol–water partition coefficient (Wildman–Crippen LogP) is 4.77. The standard InChI is InChI=1S/C12H7IOS/c13-11-8-4-1-2-5-9(8)14-12(11)10-6-3-7-15-10/h1-7H. The zero-order valence-corrected chi connectivity index (χ0v) is 10.7. The van der Waals surface area contributed by atoms with Gasteiger partial charge in [0.2, 0.25) is 0 Å². The smallest absolute Gasteiger partial charge is 0.158 e. The molecule has 0 N–H and O–H groups in total. The lowest BCUT2D eigenvalue weighted by atomic mass is 10.2. The first-order valence-electron chi connectivity index (χ1n) is 4.57. The van der Waals surface area contributed by atoms with Gasteiger partial charge in [-0.15, -0.1) is 11.3 Å². The Kier molecular flexibility index (Phi) is 2.29. The minimum Gasteiger partial charge on any atom is -0.454 e. The van der Waals surface area contributed by atoms with Gasteiger partial charge < -0.3 is 4.42 Å². The Balaban J connectivity index is 2.33. The van der Waals surface area contributed by atoms with Gasteiger partial charge >= 0.3 is 0 Å². The van der Waals surface area contributed by atoms with Crippen LogP contribution in [0.15, 0.2) is 46.2 Å². The molecule has 0 saturated carbocycles. The largest absolute Gasteiger partial charge is 0.454 e. The van der Waals surface area contributed by atoms with Crippen LogP contribution in [-0.4, -0.2) is 0 Å². The van der Waals surface area contributed by atoms with E-state index < -0.39 is 0 Å². The average Bonchev–Trinajstić information content (AvgIpc) is 2.87. The molecule has 0 atom stereocenters. The number of halogens is 1. The van der Waals surface area contributed by atoms with Crippen LogP contribution in [0.2, 0.25) is 0 Å². The first-order valence-corrected chi connectivity index (χ1v) is 6.53. The molecule has 0 aliphatic carbocycles. The van der Waals surface area contributed by atoms with Crippen molar-refractivity contribution in [3.63, 3.8) is 0 Å². The Morgan fingerprint density at radius 2 is 1.93 bits per heavy atom. The minimum atomic E-state index is 0.963. The molecular weight excluding hydrogens is 319 g/mol. The van der Waals surface area contributed by atoms with Gasteiger partial charge in [0.1, 0.15) is 5.58 Å². The van der Waals surface area contributed by atoms with E-state index in [9.17, 15) is 0 Å². The van der Waals surface area contributed by atoms with E-state index >= 15 is 0 Å². The monoisotopic (exact) mass is 326 g/mol. The fourth-order valence-electron chi connectivity index (χ4n) is 1.58. The van der Waals surface area contributed by atoms with Crippen molar-refractivity contribution in [3.8, 4) is 10.6 Å². The lowest BCUT2D eigenvalue weighted by Gasteiger charge is -1.90. The number of thiophene rings is 1. The summed E-state index contributed by atoms with van der Waals surface area (Å²) in [5, 5.41) is 3.26. The maximum absolute atomic E-state index is 5.85. The Hall–Kier alpha value is -0.810. The second kappa shape index (κ2) is 3.64. The van der Waals surface area contributed by atoms with E-state index in [1.54, 1.807) is 11.3 Å². The van der Waals surface area contributed by atoms with Crippen LogP contribution in [0.5, 0.6) is 0 Å². The van der Waals surface area contributed by atoms with Gasteiger partial charge in [0, 0.05) is 5.39 Å². The maximum Gasteiger partial charge on any atom is 0.158 e. The van der Waals surface area contributed by atoms with E-state index in [1.807, 2.05) is 24.3 Å². The van der Waals surface area contributed by atoms with E-state index in [0.717, 1.165) is 11.3 Å². The van der Waals surface area contributed by atoms with Crippen LogP contribution in [0.4, 0.5) is 0 Å². The highest BCUT2D eigenvalue weighted by molar-refractivity contribution is 14.1. The van der Waals surface area contributed by atoms with Crippen molar-refractivity contribution in [2.75, 3.05) is 0 Å². The second-order valence-electron chi connectivity index (χ2n) is 3.22. The first-order chi connectivity index (χ1) is 7.36. The highest BCUT2D eigenvalue weighted by atomic mass is 127. The first kappa shape index (κ1) is 9.42. The van der Waals surface area contributed by atoms with Crippen LogP contribution in [0.1, 0.15) is 0 Å². The van der Waals surface area contributed by atoms with Crippen LogP contribution in [0.25, 0.3) is 21.6 Å². The number of furan rings is 1. The zero-order valence-electron chi connectivity index (χ0n) is 7.74. The molecule has 0 spiro atoms. The summed E-state index contributed by atoms with van der Waals surface area (Å²) in [4.78, 5) is 1.19. The number of fused-ring (bicyclic) bond motifs is 1. The summed E-state index contributed by atoms with van der Waals surface area (Å²) in [5.74, 6) is 0.992. The number of para-hydroxylation sites is 1. The number of hydrogen-bond donors (Lipinski definition) is 0. The van der Waals surface area contributed by atoms with Crippen LogP contribution >= 0.6 is 33.9 Å². The molecule has 2 aromatic heterocycles. The van der Waals surface area contributed by atoms with Gasteiger partial charge in [-0.05, 0) is 40.1 Å². The van der Waals surface area contributed by atoms with Crippen molar-refractivity contribution in [1.29, 1.82) is 0 Å². The molecule has 2 heterocycles. The molecule has 15 heavy (non-hydrogen) atoms. The molecule has 0 aliphatic heterocycles. The van der Waals surface area contributed by atoms with Crippen molar-refractivity contribution in [3.05, 3.63) is 45.3 Å². The van der Waals surface area contributed by atoms with Crippen molar-refractivity contribution in [2.45, 2.75) is 0 Å². The molecule has 3 rings (SSSR count). The molecule has 74 valence electrons. The predicted molar refractivity (Wildman–Crippen MR) is 72.2 cm³/mol. The molecule has 3 aromatic rings. The van der Waals surface area contributed by atoms with Gasteiger partial charge in [0.25, 0.3) is 0 Å². The van der Waals surface area contributed by atoms with Gasteiger partial charge in [0.05, 0.1) is 8.45 Å². The molecule has 0 bridgehead atoms. The Morgan fingerprint density at radius 3 is 2.67 bits per heavy atom. The second-order valence-corrected chi connectivity index (χ2v) is 5.25. The van der Waals surface area contributed by atoms with Crippen molar-refractivity contribution in [1.82, 2.24) is 0 Å². The van der Waals surface area contributed by atoms with Gasteiger partial charge in [-0.25, -0.2) is 0 Å². The average molecular weight is 326 g/mol. The summed E-state index contributed by atoms with van der Waals surface area (Å²) in [6, 6.07) is 12.3. The molecule has 0 saturated heterocycles. The maximum atomic E-state index is 5.85. The van der Waals surface area contributed by atoms with Crippen LogP contribution in [0.3, 0.4) is 0 Å². The third-order valence-corrected chi connectivity index (χ3v) is 4.22. The summed E-state index contributed by atoms with van der Waals surface area (Å²) in [6.45, 7) is 0. The lowest BCUT2D eigenvalue weighted by molar-refractivity contribution is 0.631. The highest BCUT2D eigenvalue weighted by Gasteiger charge is 2.13. The Morgan fingerprint density at radius 1 is 1.07 bits per heavy atom. The topological polar surface area (TPSA) is 13.1 Å². The zero-order chi connectivity index (χ0) is 10.3. The fraction of sp³-hybridized carbons (Fsp3) is 0. The lowest BCUT2D eigenvalue weighted by Crippen LogP contribution is -1.69. The van der Waals surface area contributed by atoms with E-state index in [4.69, 9.17) is 4.42 Å². The molecule has 1 nitrogen and oxygen atoms in total. The summed E-state index contributed by atoms with van der Waals surface area (Å²) in [5.41, 5.74) is 0.963. The number of hydrogen-bond acceptors (Lipinski definition) is 2. The molecule has 1 aromatic carbocycles. The van der Waals surface area contributed by atoms with E-state index in [2.05, 4.69) is 40.1 Å². The molecule has 0 amide bonds. The van der Waals surface area contributed by atoms with E-state index in [1.165, 1.54) is 13.8 Å².